The highest BCUT2D eigenvalue weighted by atomic mass is 35.5. The van der Waals surface area contributed by atoms with Gasteiger partial charge in [-0.2, -0.15) is 0 Å². The molecule has 0 atom stereocenters. The number of hydrogen-bond donors (Lipinski definition) is 0. The van der Waals surface area contributed by atoms with E-state index in [2.05, 4.69) is 12.5 Å². The molecule has 0 aromatic carbocycles. The number of halogens is 1. The second-order valence-electron chi connectivity index (χ2n) is 1.81. The Kier molecular flexibility index (Phi) is 7.06. The van der Waals surface area contributed by atoms with Crippen LogP contribution in [-0.4, -0.2) is 0 Å². The Morgan fingerprint density at radius 2 is 2.25 bits per heavy atom. The Balaban J connectivity index is 2.72. The van der Waals surface area contributed by atoms with Crippen LogP contribution in [0.1, 0.15) is 32.6 Å². The van der Waals surface area contributed by atoms with Gasteiger partial charge in [0.15, 0.2) is 0 Å². The molecule has 0 bridgehead atoms. The van der Waals surface area contributed by atoms with Crippen LogP contribution in [0, 0.1) is 5.54 Å². The number of unbranched alkanes of at least 4 members (excludes halogenated alkanes) is 3. The fourth-order valence-electron chi connectivity index (χ4n) is 0.551. The molecule has 0 spiro atoms. The van der Waals surface area contributed by atoms with Crippen LogP contribution in [0.4, 0.5) is 0 Å². The third-order valence-electron chi connectivity index (χ3n) is 1.03. The maximum absolute atomic E-state index is 5.17. The summed E-state index contributed by atoms with van der Waals surface area (Å²) < 4.78 is 0. The largest absolute Gasteiger partial charge is 0.0831 e. The van der Waals surface area contributed by atoms with Crippen LogP contribution in [0.3, 0.4) is 0 Å². The topological polar surface area (TPSA) is 0 Å². The van der Waals surface area contributed by atoms with Crippen molar-refractivity contribution in [3.63, 3.8) is 0 Å². The molecule has 0 saturated carbocycles. The maximum Gasteiger partial charge on any atom is 0.0549 e. The van der Waals surface area contributed by atoms with Gasteiger partial charge in [0.05, 0.1) is 5.54 Å². The molecule has 0 unspecified atom stereocenters. The van der Waals surface area contributed by atoms with Crippen LogP contribution < -0.4 is 0 Å². The van der Waals surface area contributed by atoms with Crippen LogP contribution >= 0.6 is 11.6 Å². The molecule has 0 aromatic heterocycles. The maximum atomic E-state index is 5.17. The average molecular weight is 132 g/mol. The van der Waals surface area contributed by atoms with E-state index in [0.29, 0.717) is 0 Å². The van der Waals surface area contributed by atoms with E-state index < -0.39 is 0 Å². The molecule has 0 nitrogen and oxygen atoms in total. The van der Waals surface area contributed by atoms with Gasteiger partial charge in [0.25, 0.3) is 0 Å². The molecule has 1 heteroatoms. The van der Waals surface area contributed by atoms with Crippen LogP contribution in [0.25, 0.3) is 0 Å². The van der Waals surface area contributed by atoms with E-state index in [9.17, 15) is 0 Å². The van der Waals surface area contributed by atoms with Crippen molar-refractivity contribution < 1.29 is 0 Å². The molecule has 0 saturated heterocycles. The minimum Gasteiger partial charge on any atom is -0.0831 e. The molecule has 0 N–H and O–H groups in total. The molecule has 8 heavy (non-hydrogen) atoms. The van der Waals surface area contributed by atoms with Crippen LogP contribution in [-0.2, 0) is 0 Å². The van der Waals surface area contributed by atoms with Crippen molar-refractivity contribution in [1.82, 2.24) is 0 Å². The van der Waals surface area contributed by atoms with E-state index >= 15 is 0 Å². The first kappa shape index (κ1) is 8.03. The molecule has 0 aromatic rings. The zero-order chi connectivity index (χ0) is 6.24. The van der Waals surface area contributed by atoms with Gasteiger partial charge in [0, 0.05) is 0 Å². The fraction of sp³-hybridized carbons (Fsp3) is 0.714. The monoisotopic (exact) mass is 131 g/mol. The normalized spacial score (nSPS) is 10.8. The van der Waals surface area contributed by atoms with Gasteiger partial charge in [0.2, 0.25) is 0 Å². The summed E-state index contributed by atoms with van der Waals surface area (Å²) in [7, 11) is 0. The Hall–Kier alpha value is 0.0300. The van der Waals surface area contributed by atoms with Crippen molar-refractivity contribution in [2.75, 3.05) is 0 Å². The number of allylic oxidation sites excluding steroid dienone is 1. The first-order valence-electron chi connectivity index (χ1n) is 3.09. The van der Waals surface area contributed by atoms with Crippen molar-refractivity contribution in [2.24, 2.45) is 0 Å². The van der Waals surface area contributed by atoms with Gasteiger partial charge in [-0.25, -0.2) is 0 Å². The molecule has 0 aliphatic heterocycles. The first-order chi connectivity index (χ1) is 3.91. The SMILES string of the molecule is CCCCC/C=[C]/Cl. The van der Waals surface area contributed by atoms with Gasteiger partial charge >= 0.3 is 0 Å². The van der Waals surface area contributed by atoms with E-state index in [0.717, 1.165) is 6.42 Å². The van der Waals surface area contributed by atoms with Crippen LogP contribution in [0.15, 0.2) is 6.08 Å². The summed E-state index contributed by atoms with van der Waals surface area (Å²) in [6, 6.07) is 0. The van der Waals surface area contributed by atoms with Gasteiger partial charge in [-0.3, -0.25) is 0 Å². The van der Waals surface area contributed by atoms with E-state index in [1.165, 1.54) is 19.3 Å². The van der Waals surface area contributed by atoms with E-state index in [4.69, 9.17) is 11.6 Å². The molecular formula is C7H12Cl. The fourth-order valence-corrected chi connectivity index (χ4v) is 0.660. The quantitative estimate of drug-likeness (QED) is 0.515. The van der Waals surface area contributed by atoms with Gasteiger partial charge in [-0.05, 0) is 12.8 Å². The summed E-state index contributed by atoms with van der Waals surface area (Å²) in [6.07, 6.45) is 6.77. The molecule has 0 rings (SSSR count). The van der Waals surface area contributed by atoms with Gasteiger partial charge in [0.1, 0.15) is 0 Å². The zero-order valence-corrected chi connectivity index (χ0v) is 6.04. The van der Waals surface area contributed by atoms with E-state index in [-0.39, 0.29) is 0 Å². The Morgan fingerprint density at radius 3 is 2.75 bits per heavy atom. The van der Waals surface area contributed by atoms with Gasteiger partial charge in [-0.1, -0.05) is 37.4 Å². The lowest BCUT2D eigenvalue weighted by Gasteiger charge is -1.88. The molecule has 47 valence electrons. The third-order valence-corrected chi connectivity index (χ3v) is 1.18. The van der Waals surface area contributed by atoms with Crippen molar-refractivity contribution in [1.29, 1.82) is 0 Å². The standard InChI is InChI=1S/C7H12Cl/c1-2-3-4-5-6-7-8/h6H,2-5H2,1H3. The molecule has 0 heterocycles. The molecule has 0 amide bonds. The lowest BCUT2D eigenvalue weighted by molar-refractivity contribution is 0.729. The van der Waals surface area contributed by atoms with Gasteiger partial charge in [-0.15, -0.1) is 0 Å². The summed E-state index contributed by atoms with van der Waals surface area (Å²) in [4.78, 5) is 0. The minimum atomic E-state index is 1.08. The average Bonchev–Trinajstić information content (AvgIpc) is 1.81. The molecule has 1 radical (unpaired) electrons. The second kappa shape index (κ2) is 7.03. The zero-order valence-electron chi connectivity index (χ0n) is 5.28. The first-order valence-corrected chi connectivity index (χ1v) is 3.47. The number of hydrogen-bond acceptors (Lipinski definition) is 0. The highest BCUT2D eigenvalue weighted by Crippen LogP contribution is 1.99. The van der Waals surface area contributed by atoms with Crippen molar-refractivity contribution in [3.8, 4) is 0 Å². The lowest BCUT2D eigenvalue weighted by Crippen LogP contribution is -1.68. The van der Waals surface area contributed by atoms with Crippen molar-refractivity contribution in [3.05, 3.63) is 11.6 Å². The lowest BCUT2D eigenvalue weighted by atomic mass is 10.2. The summed E-state index contributed by atoms with van der Waals surface area (Å²) in [5, 5.41) is 0. The molecule has 0 aliphatic rings. The highest BCUT2D eigenvalue weighted by Gasteiger charge is 1.79. The molecule has 0 aliphatic carbocycles. The van der Waals surface area contributed by atoms with Crippen molar-refractivity contribution in [2.45, 2.75) is 32.6 Å². The summed E-state index contributed by atoms with van der Waals surface area (Å²) in [5.74, 6) is 0. The predicted molar refractivity (Wildman–Crippen MR) is 37.8 cm³/mol. The van der Waals surface area contributed by atoms with E-state index in [1.54, 1.807) is 0 Å². The Bertz CT molecular complexity index is 57.4. The Morgan fingerprint density at radius 1 is 1.50 bits per heavy atom. The molecule has 0 fully saturated rings. The summed E-state index contributed by atoms with van der Waals surface area (Å²) in [6.45, 7) is 2.19. The predicted octanol–water partition coefficient (Wildman–Crippen LogP) is 3.12. The smallest absolute Gasteiger partial charge is 0.0549 e. The summed E-state index contributed by atoms with van der Waals surface area (Å²) in [5.41, 5.74) is 2.47. The number of rotatable bonds is 4. The third kappa shape index (κ3) is 6.03. The van der Waals surface area contributed by atoms with Gasteiger partial charge < -0.3 is 0 Å². The minimum absolute atomic E-state index is 1.08. The summed E-state index contributed by atoms with van der Waals surface area (Å²) >= 11 is 5.17. The van der Waals surface area contributed by atoms with E-state index in [1.807, 2.05) is 6.08 Å². The van der Waals surface area contributed by atoms with Crippen LogP contribution in [0.2, 0.25) is 0 Å². The highest BCUT2D eigenvalue weighted by molar-refractivity contribution is 6.22. The van der Waals surface area contributed by atoms with Crippen molar-refractivity contribution >= 4 is 11.6 Å². The molecular weight excluding hydrogens is 120 g/mol. The Labute approximate surface area is 56.5 Å². The van der Waals surface area contributed by atoms with Crippen LogP contribution in [0.5, 0.6) is 0 Å². The second-order valence-corrected chi connectivity index (χ2v) is 2.03.